The molecule has 0 saturated heterocycles. The number of halogens is 3. The van der Waals surface area contributed by atoms with Crippen molar-refractivity contribution < 1.29 is 31.5 Å². The van der Waals surface area contributed by atoms with Crippen molar-refractivity contribution in [1.82, 2.24) is 0 Å². The molecular formula is C10H17F3O4S2. The van der Waals surface area contributed by atoms with E-state index in [1.54, 1.807) is 13.2 Å². The number of carbonyl (C=O) groups is 1. The molecule has 0 heterocycles. The van der Waals surface area contributed by atoms with E-state index in [9.17, 15) is 26.4 Å². The number of alkyl halides is 3. The molecule has 2 unspecified atom stereocenters. The van der Waals surface area contributed by atoms with Crippen LogP contribution < -0.4 is 0 Å². The number of rotatable bonds is 8. The van der Waals surface area contributed by atoms with Gasteiger partial charge in [0.2, 0.25) is 0 Å². The Hall–Kier alpha value is -0.440. The first-order valence-corrected chi connectivity index (χ1v) is 8.54. The second kappa shape index (κ2) is 7.37. The molecule has 0 aromatic rings. The van der Waals surface area contributed by atoms with Gasteiger partial charge in [0.15, 0.2) is 15.1 Å². The summed E-state index contributed by atoms with van der Waals surface area (Å²) in [5.41, 5.74) is 0. The monoisotopic (exact) mass is 322 g/mol. The number of carboxylic acids is 1. The third-order valence-electron chi connectivity index (χ3n) is 2.62. The van der Waals surface area contributed by atoms with Crippen LogP contribution in [0.3, 0.4) is 0 Å². The maximum absolute atomic E-state index is 12.0. The normalized spacial score (nSPS) is 16.1. The second-order valence-corrected chi connectivity index (χ2v) is 7.76. The first-order valence-electron chi connectivity index (χ1n) is 5.53. The van der Waals surface area contributed by atoms with Gasteiger partial charge in [0, 0.05) is 5.25 Å². The number of sulfone groups is 1. The molecule has 0 spiro atoms. The van der Waals surface area contributed by atoms with Crippen molar-refractivity contribution in [3.05, 3.63) is 0 Å². The van der Waals surface area contributed by atoms with Crippen molar-refractivity contribution in [3.8, 4) is 0 Å². The summed E-state index contributed by atoms with van der Waals surface area (Å²) < 4.78 is 59.3. The van der Waals surface area contributed by atoms with Gasteiger partial charge in [0.1, 0.15) is 0 Å². The summed E-state index contributed by atoms with van der Waals surface area (Å²) in [5, 5.41) is 7.15. The van der Waals surface area contributed by atoms with Crippen LogP contribution in [-0.4, -0.2) is 48.2 Å². The Morgan fingerprint density at radius 2 is 1.84 bits per heavy atom. The van der Waals surface area contributed by atoms with Crippen molar-refractivity contribution in [1.29, 1.82) is 0 Å². The molecule has 2 atom stereocenters. The molecule has 0 fully saturated rings. The molecule has 1 N–H and O–H groups in total. The van der Waals surface area contributed by atoms with Crippen molar-refractivity contribution in [2.45, 2.75) is 42.9 Å². The fourth-order valence-corrected chi connectivity index (χ4v) is 3.34. The lowest BCUT2D eigenvalue weighted by Crippen LogP contribution is -2.34. The van der Waals surface area contributed by atoms with Gasteiger partial charge in [-0.2, -0.15) is 24.9 Å². The molecule has 0 rings (SSSR count). The maximum atomic E-state index is 12.0. The number of hydrogen-bond donors (Lipinski definition) is 1. The van der Waals surface area contributed by atoms with Crippen molar-refractivity contribution in [2.24, 2.45) is 0 Å². The van der Waals surface area contributed by atoms with Crippen molar-refractivity contribution >= 4 is 27.6 Å². The Balaban J connectivity index is 4.73. The molecule has 0 saturated carbocycles. The molecule has 114 valence electrons. The van der Waals surface area contributed by atoms with Crippen molar-refractivity contribution in [3.63, 3.8) is 0 Å². The summed E-state index contributed by atoms with van der Waals surface area (Å²) in [6.45, 7) is 1.80. The number of aliphatic carboxylic acids is 1. The Bertz CT molecular complexity index is 392. The van der Waals surface area contributed by atoms with Crippen LogP contribution in [0, 0.1) is 0 Å². The molecular weight excluding hydrogens is 305 g/mol. The minimum absolute atomic E-state index is 0.0552. The largest absolute Gasteiger partial charge is 0.480 e. The average molecular weight is 322 g/mol. The molecule has 19 heavy (non-hydrogen) atoms. The zero-order valence-corrected chi connectivity index (χ0v) is 12.2. The van der Waals surface area contributed by atoms with Crippen LogP contribution in [0.4, 0.5) is 13.2 Å². The van der Waals surface area contributed by atoms with Crippen molar-refractivity contribution in [2.75, 3.05) is 12.0 Å². The van der Waals surface area contributed by atoms with E-state index in [4.69, 9.17) is 5.11 Å². The third-order valence-corrected chi connectivity index (χ3v) is 5.73. The molecule has 0 aromatic carbocycles. The fraction of sp³-hybridized carbons (Fsp3) is 0.900. The van der Waals surface area contributed by atoms with Gasteiger partial charge in [-0.25, -0.2) is 8.42 Å². The number of hydrogen-bond acceptors (Lipinski definition) is 4. The minimum atomic E-state index is -4.61. The predicted octanol–water partition coefficient (Wildman–Crippen LogP) is 2.34. The predicted molar refractivity (Wildman–Crippen MR) is 68.1 cm³/mol. The highest BCUT2D eigenvalue weighted by Crippen LogP contribution is 2.23. The molecule has 0 aliphatic carbocycles. The van der Waals surface area contributed by atoms with Gasteiger partial charge in [-0.05, 0) is 19.1 Å². The Morgan fingerprint density at radius 1 is 1.32 bits per heavy atom. The van der Waals surface area contributed by atoms with Gasteiger partial charge in [0.25, 0.3) is 0 Å². The van der Waals surface area contributed by atoms with Crippen LogP contribution in [-0.2, 0) is 14.6 Å². The number of carboxylic acid groups (broad SMARTS) is 1. The lowest BCUT2D eigenvalue weighted by molar-refractivity contribution is -0.137. The molecule has 0 amide bonds. The highest BCUT2D eigenvalue weighted by Gasteiger charge is 2.36. The van der Waals surface area contributed by atoms with E-state index in [0.29, 0.717) is 6.42 Å². The van der Waals surface area contributed by atoms with E-state index in [-0.39, 0.29) is 11.7 Å². The maximum Gasteiger partial charge on any atom is 0.390 e. The fourth-order valence-electron chi connectivity index (χ4n) is 1.36. The SMILES string of the molecule is CSC(C)CCC(C(=O)O)S(=O)(=O)CCC(F)(F)F. The minimum Gasteiger partial charge on any atom is -0.480 e. The standard InChI is InChI=1S/C10H17F3O4S2/c1-7(18-2)3-4-8(9(14)15)19(16,17)6-5-10(11,12)13/h7-8H,3-6H2,1-2H3,(H,14,15). The van der Waals surface area contributed by atoms with E-state index < -0.39 is 39.4 Å². The number of thioether (sulfide) groups is 1. The summed E-state index contributed by atoms with van der Waals surface area (Å²) in [6.07, 6.45) is -4.18. The average Bonchev–Trinajstić information content (AvgIpc) is 2.24. The van der Waals surface area contributed by atoms with E-state index in [1.165, 1.54) is 11.8 Å². The third kappa shape index (κ3) is 7.66. The van der Waals surface area contributed by atoms with Gasteiger partial charge in [0.05, 0.1) is 12.2 Å². The highest BCUT2D eigenvalue weighted by molar-refractivity contribution is 7.99. The first-order chi connectivity index (χ1) is 8.49. The molecule has 0 aliphatic heterocycles. The molecule has 0 aliphatic rings. The Morgan fingerprint density at radius 3 is 2.21 bits per heavy atom. The van der Waals surface area contributed by atoms with E-state index in [0.717, 1.165) is 0 Å². The summed E-state index contributed by atoms with van der Waals surface area (Å²) in [7, 11) is -4.29. The summed E-state index contributed by atoms with van der Waals surface area (Å²) in [4.78, 5) is 10.9. The van der Waals surface area contributed by atoms with Crippen LogP contribution in [0.1, 0.15) is 26.2 Å². The smallest absolute Gasteiger partial charge is 0.390 e. The summed E-state index contributed by atoms with van der Waals surface area (Å²) >= 11 is 1.44. The van der Waals surface area contributed by atoms with Crippen LogP contribution in [0.2, 0.25) is 0 Å². The molecule has 0 bridgehead atoms. The summed E-state index contributed by atoms with van der Waals surface area (Å²) in [5.74, 6) is -2.77. The highest BCUT2D eigenvalue weighted by atomic mass is 32.2. The lowest BCUT2D eigenvalue weighted by Gasteiger charge is -2.16. The van der Waals surface area contributed by atoms with Gasteiger partial charge in [-0.15, -0.1) is 0 Å². The molecule has 4 nitrogen and oxygen atoms in total. The summed E-state index contributed by atoms with van der Waals surface area (Å²) in [6, 6.07) is 0. The van der Waals surface area contributed by atoms with Gasteiger partial charge in [-0.3, -0.25) is 4.79 Å². The van der Waals surface area contributed by atoms with Gasteiger partial charge in [-0.1, -0.05) is 6.92 Å². The van der Waals surface area contributed by atoms with E-state index in [2.05, 4.69) is 0 Å². The zero-order valence-electron chi connectivity index (χ0n) is 10.6. The quantitative estimate of drug-likeness (QED) is 0.742. The molecule has 0 radical (unpaired) electrons. The lowest BCUT2D eigenvalue weighted by atomic mass is 10.2. The molecule has 0 aromatic heterocycles. The van der Waals surface area contributed by atoms with E-state index in [1.807, 2.05) is 0 Å². The van der Waals surface area contributed by atoms with Crippen LogP contribution in [0.25, 0.3) is 0 Å². The van der Waals surface area contributed by atoms with Crippen LogP contribution in [0.15, 0.2) is 0 Å². The first kappa shape index (κ1) is 18.6. The van der Waals surface area contributed by atoms with Crippen LogP contribution >= 0.6 is 11.8 Å². The molecule has 9 heteroatoms. The Labute approximate surface area is 114 Å². The second-order valence-electron chi connectivity index (χ2n) is 4.18. The zero-order chi connectivity index (χ0) is 15.3. The van der Waals surface area contributed by atoms with Crippen LogP contribution in [0.5, 0.6) is 0 Å². The topological polar surface area (TPSA) is 71.4 Å². The van der Waals surface area contributed by atoms with Gasteiger partial charge >= 0.3 is 12.1 Å². The van der Waals surface area contributed by atoms with Gasteiger partial charge < -0.3 is 5.11 Å². The Kier molecular flexibility index (Phi) is 7.20. The van der Waals surface area contributed by atoms with E-state index >= 15 is 0 Å².